The molecular weight excluding hydrogens is 278 g/mol. The molecule has 0 saturated heterocycles. The van der Waals surface area contributed by atoms with Crippen LogP contribution in [0.1, 0.15) is 12.1 Å². The number of hydrogen-bond acceptors (Lipinski definition) is 5. The zero-order valence-electron chi connectivity index (χ0n) is 10.7. The maximum Gasteiger partial charge on any atom is 0.303 e. The second-order valence-corrected chi connectivity index (χ2v) is 5.25. The van der Waals surface area contributed by atoms with Gasteiger partial charge in [0, 0.05) is 17.4 Å². The van der Waals surface area contributed by atoms with E-state index in [1.807, 2.05) is 23.6 Å². The summed E-state index contributed by atoms with van der Waals surface area (Å²) in [6.07, 6.45) is 0.556. The van der Waals surface area contributed by atoms with Gasteiger partial charge < -0.3 is 14.6 Å². The van der Waals surface area contributed by atoms with E-state index in [0.717, 1.165) is 27.8 Å². The van der Waals surface area contributed by atoms with Crippen molar-refractivity contribution in [2.75, 3.05) is 13.2 Å². The number of nitrogens with zero attached hydrogens (tertiary/aromatic N) is 1. The Bertz CT molecular complexity index is 638. The lowest BCUT2D eigenvalue weighted by Gasteiger charge is -2.18. The molecule has 0 amide bonds. The van der Waals surface area contributed by atoms with Crippen molar-refractivity contribution in [2.24, 2.45) is 0 Å². The van der Waals surface area contributed by atoms with E-state index in [-0.39, 0.29) is 6.42 Å². The lowest BCUT2D eigenvalue weighted by molar-refractivity contribution is -0.136. The number of hydrogen-bond donors (Lipinski definition) is 1. The van der Waals surface area contributed by atoms with Crippen LogP contribution in [-0.2, 0) is 11.2 Å². The average molecular weight is 291 g/mol. The molecule has 0 radical (unpaired) electrons. The van der Waals surface area contributed by atoms with Gasteiger partial charge in [-0.3, -0.25) is 4.79 Å². The highest BCUT2D eigenvalue weighted by molar-refractivity contribution is 7.13. The predicted molar refractivity (Wildman–Crippen MR) is 74.5 cm³/mol. The van der Waals surface area contributed by atoms with Crippen LogP contribution >= 0.6 is 11.3 Å². The van der Waals surface area contributed by atoms with Gasteiger partial charge in [0.1, 0.15) is 18.2 Å². The highest BCUT2D eigenvalue weighted by Gasteiger charge is 2.14. The van der Waals surface area contributed by atoms with Crippen LogP contribution in [0.3, 0.4) is 0 Å². The fourth-order valence-corrected chi connectivity index (χ4v) is 2.82. The van der Waals surface area contributed by atoms with Crippen molar-refractivity contribution in [3.63, 3.8) is 0 Å². The van der Waals surface area contributed by atoms with Crippen LogP contribution < -0.4 is 9.47 Å². The Kier molecular flexibility index (Phi) is 3.56. The zero-order valence-corrected chi connectivity index (χ0v) is 11.5. The van der Waals surface area contributed by atoms with Gasteiger partial charge in [0.25, 0.3) is 0 Å². The van der Waals surface area contributed by atoms with Crippen molar-refractivity contribution in [3.05, 3.63) is 29.3 Å². The number of benzene rings is 1. The van der Waals surface area contributed by atoms with Crippen LogP contribution in [0, 0.1) is 0 Å². The lowest BCUT2D eigenvalue weighted by Crippen LogP contribution is -2.15. The first kappa shape index (κ1) is 12.9. The molecule has 1 aromatic carbocycles. The third-order valence-electron chi connectivity index (χ3n) is 2.94. The van der Waals surface area contributed by atoms with Crippen molar-refractivity contribution >= 4 is 17.3 Å². The Balaban J connectivity index is 1.80. The number of aryl methyl sites for hydroxylation is 1. The molecule has 6 heteroatoms. The summed E-state index contributed by atoms with van der Waals surface area (Å²) in [6.45, 7) is 1.13. The molecule has 104 valence electrons. The zero-order chi connectivity index (χ0) is 13.9. The molecule has 2 heterocycles. The number of fused-ring (bicyclic) bond motifs is 1. The third kappa shape index (κ3) is 2.75. The molecule has 0 bridgehead atoms. The maximum atomic E-state index is 10.6. The third-order valence-corrected chi connectivity index (χ3v) is 3.88. The summed E-state index contributed by atoms with van der Waals surface area (Å²) in [4.78, 5) is 15.0. The summed E-state index contributed by atoms with van der Waals surface area (Å²) in [5.74, 6) is 0.678. The van der Waals surface area contributed by atoms with E-state index in [9.17, 15) is 4.79 Å². The highest BCUT2D eigenvalue weighted by atomic mass is 32.1. The minimum atomic E-state index is -0.807. The van der Waals surface area contributed by atoms with Gasteiger partial charge >= 0.3 is 5.97 Å². The summed E-state index contributed by atoms with van der Waals surface area (Å²) in [7, 11) is 0. The van der Waals surface area contributed by atoms with Crippen LogP contribution in [0.5, 0.6) is 11.5 Å². The Morgan fingerprint density at radius 1 is 1.30 bits per heavy atom. The van der Waals surface area contributed by atoms with E-state index in [4.69, 9.17) is 14.6 Å². The Hall–Kier alpha value is -2.08. The number of aliphatic carboxylic acids is 1. The van der Waals surface area contributed by atoms with Crippen LogP contribution in [-0.4, -0.2) is 29.3 Å². The van der Waals surface area contributed by atoms with Crippen LogP contribution in [0.15, 0.2) is 23.6 Å². The topological polar surface area (TPSA) is 68.7 Å². The number of rotatable bonds is 4. The molecule has 1 aliphatic rings. The molecule has 0 fully saturated rings. The molecule has 3 rings (SSSR count). The fourth-order valence-electron chi connectivity index (χ4n) is 1.97. The normalized spacial score (nSPS) is 13.2. The molecule has 5 nitrogen and oxygen atoms in total. The molecule has 1 aliphatic heterocycles. The first-order valence-corrected chi connectivity index (χ1v) is 7.16. The number of carbonyl (C=O) groups is 1. The van der Waals surface area contributed by atoms with Gasteiger partial charge in [-0.15, -0.1) is 11.3 Å². The molecule has 0 aliphatic carbocycles. The van der Waals surface area contributed by atoms with Crippen LogP contribution in [0.25, 0.3) is 10.6 Å². The van der Waals surface area contributed by atoms with E-state index in [1.54, 1.807) is 0 Å². The first-order valence-electron chi connectivity index (χ1n) is 6.28. The molecule has 0 spiro atoms. The summed E-state index contributed by atoms with van der Waals surface area (Å²) >= 11 is 1.50. The maximum absolute atomic E-state index is 10.6. The monoisotopic (exact) mass is 291 g/mol. The van der Waals surface area contributed by atoms with E-state index in [1.165, 1.54) is 11.3 Å². The summed E-state index contributed by atoms with van der Waals surface area (Å²) in [6, 6.07) is 5.73. The molecular formula is C14H13NO4S. The molecule has 0 atom stereocenters. The van der Waals surface area contributed by atoms with Gasteiger partial charge in [-0.25, -0.2) is 4.98 Å². The van der Waals surface area contributed by atoms with Gasteiger partial charge in [0.05, 0.1) is 12.1 Å². The van der Waals surface area contributed by atoms with Crippen LogP contribution in [0.2, 0.25) is 0 Å². The molecule has 1 aromatic heterocycles. The second kappa shape index (κ2) is 5.50. The summed E-state index contributed by atoms with van der Waals surface area (Å²) in [5.41, 5.74) is 1.77. The number of carboxylic acids is 1. The molecule has 0 unspecified atom stereocenters. The largest absolute Gasteiger partial charge is 0.486 e. The predicted octanol–water partition coefficient (Wildman–Crippen LogP) is 2.60. The van der Waals surface area contributed by atoms with Gasteiger partial charge in [0.15, 0.2) is 11.5 Å². The van der Waals surface area contributed by atoms with Gasteiger partial charge in [0.2, 0.25) is 0 Å². The molecule has 2 aromatic rings. The Labute approximate surface area is 119 Å². The van der Waals surface area contributed by atoms with Crippen molar-refractivity contribution in [1.29, 1.82) is 0 Å². The average Bonchev–Trinajstić information content (AvgIpc) is 2.93. The van der Waals surface area contributed by atoms with E-state index in [0.29, 0.717) is 19.6 Å². The van der Waals surface area contributed by atoms with Crippen LogP contribution in [0.4, 0.5) is 0 Å². The molecule has 20 heavy (non-hydrogen) atoms. The number of ether oxygens (including phenoxy) is 2. The van der Waals surface area contributed by atoms with E-state index in [2.05, 4.69) is 4.98 Å². The SMILES string of the molecule is O=C(O)CCc1csc(-c2ccc3c(c2)OCCO3)n1. The second-order valence-electron chi connectivity index (χ2n) is 4.40. The first-order chi connectivity index (χ1) is 9.72. The van der Waals surface area contributed by atoms with Crippen molar-refractivity contribution in [3.8, 4) is 22.1 Å². The number of thiazole rings is 1. The fraction of sp³-hybridized carbons (Fsp3) is 0.286. The van der Waals surface area contributed by atoms with Gasteiger partial charge in [-0.05, 0) is 18.2 Å². The Morgan fingerprint density at radius 3 is 2.90 bits per heavy atom. The quantitative estimate of drug-likeness (QED) is 0.937. The Morgan fingerprint density at radius 2 is 2.10 bits per heavy atom. The standard InChI is InChI=1S/C14H13NO4S/c16-13(17)4-2-10-8-20-14(15-10)9-1-3-11-12(7-9)19-6-5-18-11/h1,3,7-8H,2,4-6H2,(H,16,17). The number of carboxylic acid groups (broad SMARTS) is 1. The lowest BCUT2D eigenvalue weighted by atomic mass is 10.2. The van der Waals surface area contributed by atoms with Gasteiger partial charge in [-0.1, -0.05) is 0 Å². The highest BCUT2D eigenvalue weighted by Crippen LogP contribution is 2.35. The molecule has 0 saturated carbocycles. The molecule has 1 N–H and O–H groups in total. The summed E-state index contributed by atoms with van der Waals surface area (Å²) in [5, 5.41) is 11.4. The minimum Gasteiger partial charge on any atom is -0.486 e. The van der Waals surface area contributed by atoms with E-state index < -0.39 is 5.97 Å². The van der Waals surface area contributed by atoms with Gasteiger partial charge in [-0.2, -0.15) is 0 Å². The van der Waals surface area contributed by atoms with Crippen molar-refractivity contribution in [2.45, 2.75) is 12.8 Å². The number of aromatic nitrogens is 1. The van der Waals surface area contributed by atoms with Crippen molar-refractivity contribution in [1.82, 2.24) is 4.98 Å². The smallest absolute Gasteiger partial charge is 0.303 e. The minimum absolute atomic E-state index is 0.102. The van der Waals surface area contributed by atoms with E-state index >= 15 is 0 Å². The van der Waals surface area contributed by atoms with Crippen molar-refractivity contribution < 1.29 is 19.4 Å². The summed E-state index contributed by atoms with van der Waals surface area (Å²) < 4.78 is 11.0.